The Morgan fingerprint density at radius 2 is 2.12 bits per heavy atom. The van der Waals surface area contributed by atoms with Gasteiger partial charge in [0.1, 0.15) is 5.82 Å². The highest BCUT2D eigenvalue weighted by Gasteiger charge is 2.09. The van der Waals surface area contributed by atoms with Crippen LogP contribution in [0.15, 0.2) is 18.2 Å². The van der Waals surface area contributed by atoms with Crippen molar-refractivity contribution in [2.45, 2.75) is 39.7 Å². The summed E-state index contributed by atoms with van der Waals surface area (Å²) in [7, 11) is 0. The molecule has 0 bridgehead atoms. The summed E-state index contributed by atoms with van der Waals surface area (Å²) in [5, 5.41) is 0. The first-order chi connectivity index (χ1) is 8.30. The summed E-state index contributed by atoms with van der Waals surface area (Å²) in [5.41, 5.74) is 9.35. The second kappa shape index (κ2) is 5.32. The van der Waals surface area contributed by atoms with Crippen molar-refractivity contribution in [1.82, 2.24) is 9.55 Å². The maximum Gasteiger partial charge on any atom is 0.111 e. The lowest BCUT2D eigenvalue weighted by molar-refractivity contribution is 0.652. The Morgan fingerprint density at radius 3 is 2.76 bits per heavy atom. The second-order valence-electron chi connectivity index (χ2n) is 4.39. The van der Waals surface area contributed by atoms with Gasteiger partial charge in [-0.25, -0.2) is 4.98 Å². The Labute approximate surface area is 103 Å². The third-order valence-electron chi connectivity index (χ3n) is 3.12. The topological polar surface area (TPSA) is 43.8 Å². The first-order valence-electron chi connectivity index (χ1n) is 6.48. The standard InChI is InChI=1S/C14H21N3/c1-3-9-17-13-6-5-11(4-2)10-12(13)16-14(17)7-8-15/h5-6,10H,3-4,7-9,15H2,1-2H3. The fraction of sp³-hybridized carbons (Fsp3) is 0.500. The van der Waals surface area contributed by atoms with Crippen molar-refractivity contribution in [3.8, 4) is 0 Å². The van der Waals surface area contributed by atoms with Gasteiger partial charge in [0.25, 0.3) is 0 Å². The Bertz CT molecular complexity index is 499. The molecule has 0 aliphatic rings. The van der Waals surface area contributed by atoms with Crippen LogP contribution in [-0.4, -0.2) is 16.1 Å². The smallest absolute Gasteiger partial charge is 0.111 e. The third kappa shape index (κ3) is 2.34. The average Bonchev–Trinajstić information content (AvgIpc) is 2.68. The van der Waals surface area contributed by atoms with Gasteiger partial charge in [0, 0.05) is 13.0 Å². The SMILES string of the molecule is CCCn1c(CCN)nc2cc(CC)ccc21. The molecule has 1 aromatic carbocycles. The van der Waals surface area contributed by atoms with E-state index >= 15 is 0 Å². The van der Waals surface area contributed by atoms with Crippen LogP contribution in [0.2, 0.25) is 0 Å². The van der Waals surface area contributed by atoms with Gasteiger partial charge in [-0.1, -0.05) is 19.9 Å². The molecule has 0 amide bonds. The summed E-state index contributed by atoms with van der Waals surface area (Å²) in [6.07, 6.45) is 3.04. The van der Waals surface area contributed by atoms with E-state index in [9.17, 15) is 0 Å². The Balaban J connectivity index is 2.52. The lowest BCUT2D eigenvalue weighted by Gasteiger charge is -2.06. The second-order valence-corrected chi connectivity index (χ2v) is 4.39. The van der Waals surface area contributed by atoms with E-state index in [0.717, 1.165) is 37.1 Å². The van der Waals surface area contributed by atoms with Crippen LogP contribution < -0.4 is 5.73 Å². The number of nitrogens with two attached hydrogens (primary N) is 1. The molecule has 17 heavy (non-hydrogen) atoms. The van der Waals surface area contributed by atoms with Gasteiger partial charge in [0.2, 0.25) is 0 Å². The molecule has 0 aliphatic heterocycles. The van der Waals surface area contributed by atoms with E-state index in [4.69, 9.17) is 10.7 Å². The quantitative estimate of drug-likeness (QED) is 0.859. The van der Waals surface area contributed by atoms with Gasteiger partial charge in [-0.05, 0) is 37.1 Å². The number of nitrogens with zero attached hydrogens (tertiary/aromatic N) is 2. The zero-order chi connectivity index (χ0) is 12.3. The molecule has 0 spiro atoms. The number of fused-ring (bicyclic) bond motifs is 1. The van der Waals surface area contributed by atoms with Crippen LogP contribution in [0.5, 0.6) is 0 Å². The van der Waals surface area contributed by atoms with Crippen LogP contribution in [0.25, 0.3) is 11.0 Å². The fourth-order valence-corrected chi connectivity index (χ4v) is 2.24. The highest BCUT2D eigenvalue weighted by molar-refractivity contribution is 5.77. The van der Waals surface area contributed by atoms with Crippen LogP contribution in [-0.2, 0) is 19.4 Å². The average molecular weight is 231 g/mol. The predicted octanol–water partition coefficient (Wildman–Crippen LogP) is 2.51. The minimum absolute atomic E-state index is 0.660. The van der Waals surface area contributed by atoms with Gasteiger partial charge in [-0.15, -0.1) is 0 Å². The highest BCUT2D eigenvalue weighted by atomic mass is 15.1. The van der Waals surface area contributed by atoms with E-state index < -0.39 is 0 Å². The number of hydrogen-bond donors (Lipinski definition) is 1. The predicted molar refractivity (Wildman–Crippen MR) is 72.2 cm³/mol. The zero-order valence-corrected chi connectivity index (χ0v) is 10.7. The lowest BCUT2D eigenvalue weighted by atomic mass is 10.1. The molecule has 0 unspecified atom stereocenters. The monoisotopic (exact) mass is 231 g/mol. The van der Waals surface area contributed by atoms with Crippen LogP contribution in [0.1, 0.15) is 31.7 Å². The Kier molecular flexibility index (Phi) is 3.79. The Hall–Kier alpha value is -1.35. The summed E-state index contributed by atoms with van der Waals surface area (Å²) < 4.78 is 2.31. The van der Waals surface area contributed by atoms with Crippen molar-refractivity contribution >= 4 is 11.0 Å². The van der Waals surface area contributed by atoms with E-state index in [1.807, 2.05) is 0 Å². The molecule has 2 aromatic rings. The fourth-order valence-electron chi connectivity index (χ4n) is 2.24. The Morgan fingerprint density at radius 1 is 1.29 bits per heavy atom. The number of hydrogen-bond acceptors (Lipinski definition) is 2. The van der Waals surface area contributed by atoms with E-state index in [-0.39, 0.29) is 0 Å². The first-order valence-corrected chi connectivity index (χ1v) is 6.48. The summed E-state index contributed by atoms with van der Waals surface area (Å²) in [6, 6.07) is 6.58. The van der Waals surface area contributed by atoms with Gasteiger partial charge in [0.05, 0.1) is 11.0 Å². The molecular weight excluding hydrogens is 210 g/mol. The number of aryl methyl sites for hydroxylation is 2. The molecular formula is C14H21N3. The van der Waals surface area contributed by atoms with Crippen molar-refractivity contribution < 1.29 is 0 Å². The van der Waals surface area contributed by atoms with Crippen molar-refractivity contribution in [3.63, 3.8) is 0 Å². The third-order valence-corrected chi connectivity index (χ3v) is 3.12. The van der Waals surface area contributed by atoms with Crippen LogP contribution in [0, 0.1) is 0 Å². The zero-order valence-electron chi connectivity index (χ0n) is 10.7. The minimum atomic E-state index is 0.660. The van der Waals surface area contributed by atoms with Crippen molar-refractivity contribution in [2.75, 3.05) is 6.54 Å². The number of rotatable bonds is 5. The van der Waals surface area contributed by atoms with Crippen LogP contribution >= 0.6 is 0 Å². The highest BCUT2D eigenvalue weighted by Crippen LogP contribution is 2.19. The summed E-state index contributed by atoms with van der Waals surface area (Å²) in [5.74, 6) is 1.12. The van der Waals surface area contributed by atoms with Crippen LogP contribution in [0.4, 0.5) is 0 Å². The van der Waals surface area contributed by atoms with Crippen molar-refractivity contribution in [1.29, 1.82) is 0 Å². The van der Waals surface area contributed by atoms with E-state index in [0.29, 0.717) is 6.54 Å². The van der Waals surface area contributed by atoms with Crippen molar-refractivity contribution in [2.24, 2.45) is 5.73 Å². The van der Waals surface area contributed by atoms with E-state index in [1.165, 1.54) is 11.1 Å². The number of aromatic nitrogens is 2. The van der Waals surface area contributed by atoms with E-state index in [1.54, 1.807) is 0 Å². The molecule has 0 radical (unpaired) electrons. The summed E-state index contributed by atoms with van der Waals surface area (Å²) >= 11 is 0. The first kappa shape index (κ1) is 12.1. The number of benzene rings is 1. The van der Waals surface area contributed by atoms with Crippen molar-refractivity contribution in [3.05, 3.63) is 29.6 Å². The number of imidazole rings is 1. The molecule has 0 aliphatic carbocycles. The molecule has 0 atom stereocenters. The molecule has 92 valence electrons. The van der Waals surface area contributed by atoms with Gasteiger partial charge in [0.15, 0.2) is 0 Å². The van der Waals surface area contributed by atoms with E-state index in [2.05, 4.69) is 36.6 Å². The molecule has 2 N–H and O–H groups in total. The molecule has 0 saturated carbocycles. The van der Waals surface area contributed by atoms with Gasteiger partial charge in [-0.3, -0.25) is 0 Å². The molecule has 1 aromatic heterocycles. The molecule has 3 nitrogen and oxygen atoms in total. The minimum Gasteiger partial charge on any atom is -0.330 e. The summed E-state index contributed by atoms with van der Waals surface area (Å²) in [4.78, 5) is 4.71. The molecule has 3 heteroatoms. The molecule has 0 fully saturated rings. The van der Waals surface area contributed by atoms with Crippen LogP contribution in [0.3, 0.4) is 0 Å². The maximum absolute atomic E-state index is 5.65. The largest absolute Gasteiger partial charge is 0.330 e. The molecule has 1 heterocycles. The van der Waals surface area contributed by atoms with Gasteiger partial charge in [-0.2, -0.15) is 0 Å². The molecule has 0 saturated heterocycles. The maximum atomic E-state index is 5.65. The van der Waals surface area contributed by atoms with Gasteiger partial charge >= 0.3 is 0 Å². The lowest BCUT2D eigenvalue weighted by Crippen LogP contribution is -2.10. The normalized spacial score (nSPS) is 11.2. The molecule has 2 rings (SSSR count). The summed E-state index contributed by atoms with van der Waals surface area (Å²) in [6.45, 7) is 6.05. The van der Waals surface area contributed by atoms with Gasteiger partial charge < -0.3 is 10.3 Å².